The van der Waals surface area contributed by atoms with Gasteiger partial charge in [-0.05, 0) is 19.1 Å². The summed E-state index contributed by atoms with van der Waals surface area (Å²) in [5, 5.41) is 11.9. The molecule has 0 aliphatic carbocycles. The summed E-state index contributed by atoms with van der Waals surface area (Å²) < 4.78 is 53.1. The Labute approximate surface area is 121 Å². The summed E-state index contributed by atoms with van der Waals surface area (Å²) in [4.78, 5) is 12.0. The summed E-state index contributed by atoms with van der Waals surface area (Å²) in [6.07, 6.45) is -4.87. The molecule has 0 atom stereocenters. The van der Waals surface area contributed by atoms with Crippen molar-refractivity contribution in [3.05, 3.63) is 39.8 Å². The molecule has 22 heavy (non-hydrogen) atoms. The van der Waals surface area contributed by atoms with E-state index in [2.05, 4.69) is 5.10 Å². The van der Waals surface area contributed by atoms with Gasteiger partial charge in [-0.1, -0.05) is 0 Å². The highest BCUT2D eigenvalue weighted by molar-refractivity contribution is 5.59. The monoisotopic (exact) mass is 315 g/mol. The molecule has 0 aliphatic rings. The highest BCUT2D eigenvalue weighted by Gasteiger charge is 2.39. The van der Waals surface area contributed by atoms with Crippen molar-refractivity contribution in [3.63, 3.8) is 0 Å². The number of benzene rings is 1. The number of rotatable bonds is 2. The molecule has 0 aliphatic heterocycles. The fourth-order valence-corrected chi connectivity index (χ4v) is 1.89. The van der Waals surface area contributed by atoms with E-state index in [0.29, 0.717) is 4.57 Å². The molecule has 0 radical (unpaired) electrons. The quantitative estimate of drug-likeness (QED) is 0.674. The van der Waals surface area contributed by atoms with Crippen molar-refractivity contribution < 1.29 is 17.6 Å². The molecule has 0 amide bonds. The lowest BCUT2D eigenvalue weighted by molar-refractivity contribution is -0.147. The van der Waals surface area contributed by atoms with Crippen LogP contribution in [0.1, 0.15) is 18.3 Å². The predicted octanol–water partition coefficient (Wildman–Crippen LogP) is 1.67. The van der Waals surface area contributed by atoms with E-state index in [1.165, 1.54) is 6.92 Å². The van der Waals surface area contributed by atoms with Crippen LogP contribution in [-0.2, 0) is 12.7 Å². The van der Waals surface area contributed by atoms with Crippen molar-refractivity contribution in [1.29, 1.82) is 5.26 Å². The van der Waals surface area contributed by atoms with Crippen molar-refractivity contribution in [2.45, 2.75) is 19.6 Å². The molecule has 116 valence electrons. The number of anilines is 1. The first-order valence-electron chi connectivity index (χ1n) is 5.97. The van der Waals surface area contributed by atoms with Crippen LogP contribution in [0.3, 0.4) is 0 Å². The Balaban J connectivity index is 2.75. The van der Waals surface area contributed by atoms with Crippen LogP contribution in [-0.4, -0.2) is 14.3 Å². The maximum absolute atomic E-state index is 13.9. The van der Waals surface area contributed by atoms with E-state index in [-0.39, 0.29) is 22.5 Å². The van der Waals surface area contributed by atoms with Crippen molar-refractivity contribution in [2.24, 2.45) is 0 Å². The van der Waals surface area contributed by atoms with Crippen LogP contribution in [0.5, 0.6) is 0 Å². The number of halogens is 4. The van der Waals surface area contributed by atoms with Gasteiger partial charge in [-0.2, -0.15) is 23.1 Å². The molecule has 6 nitrogen and oxygen atoms in total. The molecule has 0 saturated heterocycles. The average Bonchev–Trinajstić information content (AvgIpc) is 2.77. The van der Waals surface area contributed by atoms with Gasteiger partial charge in [0.05, 0.1) is 11.3 Å². The van der Waals surface area contributed by atoms with Gasteiger partial charge in [0.25, 0.3) is 0 Å². The molecular formula is C12H9F4N5O. The number of hydrogen-bond acceptors (Lipinski definition) is 4. The average molecular weight is 315 g/mol. The second-order valence-electron chi connectivity index (χ2n) is 4.26. The second kappa shape index (κ2) is 5.18. The van der Waals surface area contributed by atoms with E-state index in [4.69, 9.17) is 11.0 Å². The third-order valence-corrected chi connectivity index (χ3v) is 2.90. The summed E-state index contributed by atoms with van der Waals surface area (Å²) in [5.74, 6) is -2.52. The first-order chi connectivity index (χ1) is 10.2. The maximum Gasteiger partial charge on any atom is 0.451 e. The van der Waals surface area contributed by atoms with Gasteiger partial charge in [-0.15, -0.1) is 5.10 Å². The molecular weight excluding hydrogens is 306 g/mol. The van der Waals surface area contributed by atoms with Gasteiger partial charge < -0.3 is 5.73 Å². The third-order valence-electron chi connectivity index (χ3n) is 2.90. The number of nitriles is 1. The Morgan fingerprint density at radius 1 is 1.41 bits per heavy atom. The molecule has 10 heteroatoms. The molecule has 2 aromatic rings. The van der Waals surface area contributed by atoms with Gasteiger partial charge in [0.1, 0.15) is 11.8 Å². The van der Waals surface area contributed by atoms with E-state index >= 15 is 0 Å². The van der Waals surface area contributed by atoms with E-state index in [1.54, 1.807) is 6.07 Å². The highest BCUT2D eigenvalue weighted by Crippen LogP contribution is 2.27. The number of nitrogen functional groups attached to an aromatic ring is 1. The van der Waals surface area contributed by atoms with Crippen molar-refractivity contribution in [3.8, 4) is 11.8 Å². The van der Waals surface area contributed by atoms with Crippen LogP contribution < -0.4 is 11.4 Å². The molecule has 1 aromatic carbocycles. The van der Waals surface area contributed by atoms with Gasteiger partial charge in [-0.3, -0.25) is 4.57 Å². The van der Waals surface area contributed by atoms with E-state index in [0.717, 1.165) is 12.1 Å². The van der Waals surface area contributed by atoms with E-state index in [9.17, 15) is 22.4 Å². The Morgan fingerprint density at radius 2 is 2.05 bits per heavy atom. The van der Waals surface area contributed by atoms with Gasteiger partial charge in [0.2, 0.25) is 5.82 Å². The molecule has 2 rings (SSSR count). The summed E-state index contributed by atoms with van der Waals surface area (Å²) in [5.41, 5.74) is 3.41. The predicted molar refractivity (Wildman–Crippen MR) is 67.6 cm³/mol. The van der Waals surface area contributed by atoms with Gasteiger partial charge in [-0.25, -0.2) is 9.18 Å². The van der Waals surface area contributed by atoms with Gasteiger partial charge in [0, 0.05) is 6.54 Å². The topological polar surface area (TPSA) is 89.6 Å². The first kappa shape index (κ1) is 15.6. The number of alkyl halides is 3. The Kier molecular flexibility index (Phi) is 3.66. The lowest BCUT2D eigenvalue weighted by atomic mass is 10.1. The van der Waals surface area contributed by atoms with E-state index < -0.39 is 29.2 Å². The van der Waals surface area contributed by atoms with Crippen LogP contribution in [0.25, 0.3) is 5.69 Å². The van der Waals surface area contributed by atoms with Crippen LogP contribution >= 0.6 is 0 Å². The standard InChI is InChI=1S/C12H9F4N5O/c1-2-20-10(12(14,15)16)19-21(11(20)22)9-4-8(18)6(5-17)3-7(9)13/h3-4H,2,18H2,1H3. The SMILES string of the molecule is CCn1c(C(F)(F)F)nn(-c2cc(N)c(C#N)cc2F)c1=O. The summed E-state index contributed by atoms with van der Waals surface area (Å²) in [7, 11) is 0. The largest absolute Gasteiger partial charge is 0.451 e. The second-order valence-corrected chi connectivity index (χ2v) is 4.26. The van der Waals surface area contributed by atoms with Crippen molar-refractivity contribution in [1.82, 2.24) is 14.3 Å². The fraction of sp³-hybridized carbons (Fsp3) is 0.250. The number of aromatic nitrogens is 3. The zero-order valence-electron chi connectivity index (χ0n) is 11.1. The van der Waals surface area contributed by atoms with Crippen LogP contribution in [0, 0.1) is 17.1 Å². The molecule has 2 N–H and O–H groups in total. The Hall–Kier alpha value is -2.83. The van der Waals surface area contributed by atoms with Crippen molar-refractivity contribution >= 4 is 5.69 Å². The molecule has 0 fully saturated rings. The molecule has 0 bridgehead atoms. The molecule has 1 heterocycles. The maximum atomic E-state index is 13.9. The van der Waals surface area contributed by atoms with Crippen LogP contribution in [0.4, 0.5) is 23.2 Å². The summed E-state index contributed by atoms with van der Waals surface area (Å²) in [6, 6.07) is 3.25. The number of nitrogens with zero attached hydrogens (tertiary/aromatic N) is 4. The zero-order chi connectivity index (χ0) is 16.7. The smallest absolute Gasteiger partial charge is 0.398 e. The Morgan fingerprint density at radius 3 is 2.50 bits per heavy atom. The minimum absolute atomic E-state index is 0.176. The third kappa shape index (κ3) is 2.41. The molecule has 0 unspecified atom stereocenters. The zero-order valence-corrected chi connectivity index (χ0v) is 11.1. The lowest BCUT2D eigenvalue weighted by Gasteiger charge is -2.05. The first-order valence-corrected chi connectivity index (χ1v) is 5.97. The summed E-state index contributed by atoms with van der Waals surface area (Å²) >= 11 is 0. The van der Waals surface area contributed by atoms with Crippen molar-refractivity contribution in [2.75, 3.05) is 5.73 Å². The van der Waals surface area contributed by atoms with Gasteiger partial charge in [0.15, 0.2) is 5.82 Å². The number of nitrogens with two attached hydrogens (primary N) is 1. The van der Waals surface area contributed by atoms with Gasteiger partial charge >= 0.3 is 11.9 Å². The normalized spacial score (nSPS) is 11.5. The fourth-order valence-electron chi connectivity index (χ4n) is 1.89. The highest BCUT2D eigenvalue weighted by atomic mass is 19.4. The van der Waals surface area contributed by atoms with E-state index in [1.807, 2.05) is 0 Å². The van der Waals surface area contributed by atoms with Crippen LogP contribution in [0.2, 0.25) is 0 Å². The Bertz CT molecular complexity index is 828. The molecule has 0 spiro atoms. The molecule has 1 aromatic heterocycles. The number of hydrogen-bond donors (Lipinski definition) is 1. The summed E-state index contributed by atoms with van der Waals surface area (Å²) in [6.45, 7) is 1.03. The molecule has 0 saturated carbocycles. The van der Waals surface area contributed by atoms with Crippen LogP contribution in [0.15, 0.2) is 16.9 Å². The lowest BCUT2D eigenvalue weighted by Crippen LogP contribution is -2.26. The minimum atomic E-state index is -4.87. The minimum Gasteiger partial charge on any atom is -0.398 e.